The van der Waals surface area contributed by atoms with E-state index in [1.165, 1.54) is 62.8 Å². The van der Waals surface area contributed by atoms with Gasteiger partial charge in [-0.3, -0.25) is 0 Å². The molecule has 0 atom stereocenters. The van der Waals surface area contributed by atoms with Crippen molar-refractivity contribution in [3.8, 4) is 0 Å². The summed E-state index contributed by atoms with van der Waals surface area (Å²) in [5, 5.41) is 5.50. The summed E-state index contributed by atoms with van der Waals surface area (Å²) in [6.07, 6.45) is 0. The van der Waals surface area contributed by atoms with Gasteiger partial charge in [-0.1, -0.05) is 50.2 Å². The molecule has 0 spiro atoms. The van der Waals surface area contributed by atoms with Gasteiger partial charge in [0.15, 0.2) is 0 Å². The van der Waals surface area contributed by atoms with Crippen molar-refractivity contribution in [2.75, 3.05) is 11.9 Å². The molecule has 2 aromatic heterocycles. The average molecular weight is 436 g/mol. The number of anilines is 2. The van der Waals surface area contributed by atoms with Gasteiger partial charge in [-0.25, -0.2) is 0 Å². The van der Waals surface area contributed by atoms with Crippen molar-refractivity contribution in [3.05, 3.63) is 83.9 Å². The van der Waals surface area contributed by atoms with Gasteiger partial charge in [0.25, 0.3) is 0 Å². The van der Waals surface area contributed by atoms with Crippen molar-refractivity contribution in [3.63, 3.8) is 0 Å². The molecule has 0 bridgehead atoms. The van der Waals surface area contributed by atoms with Crippen molar-refractivity contribution in [1.29, 1.82) is 0 Å². The molecule has 31 heavy (non-hydrogen) atoms. The Bertz CT molecular complexity index is 1560. The lowest BCUT2D eigenvalue weighted by Crippen LogP contribution is -2.30. The molecule has 0 saturated carbocycles. The summed E-state index contributed by atoms with van der Waals surface area (Å²) in [7, 11) is 2.23. The quantitative estimate of drug-likeness (QED) is 0.230. The molecule has 6 aromatic rings. The van der Waals surface area contributed by atoms with Crippen LogP contribution in [-0.4, -0.2) is 7.05 Å². The molecule has 0 saturated heterocycles. The van der Waals surface area contributed by atoms with Crippen molar-refractivity contribution < 1.29 is 0 Å². The zero-order valence-electron chi connectivity index (χ0n) is 17.7. The monoisotopic (exact) mass is 435 g/mol. The van der Waals surface area contributed by atoms with Gasteiger partial charge in [-0.2, -0.15) is 0 Å². The van der Waals surface area contributed by atoms with Crippen LogP contribution >= 0.6 is 22.7 Å². The second-order valence-electron chi connectivity index (χ2n) is 9.11. The standard InChI is InChI=1S/C28H21NS2/c1-28(2)20-12-18-16-8-4-6-10-24(16)30-26(18)14-22(20)29(3)23-15-27-19(13-21(23)28)17-9-5-7-11-25(17)31-27/h4-15H,1-3H3. The molecule has 0 N–H and O–H groups in total. The molecule has 1 nitrogen and oxygen atoms in total. The van der Waals surface area contributed by atoms with Crippen LogP contribution in [0.2, 0.25) is 0 Å². The molecule has 0 unspecified atom stereocenters. The topological polar surface area (TPSA) is 3.24 Å². The maximum Gasteiger partial charge on any atom is 0.0464 e. The Kier molecular flexibility index (Phi) is 3.37. The molecule has 3 heteroatoms. The molecule has 1 aliphatic rings. The van der Waals surface area contributed by atoms with Crippen LogP contribution in [0.4, 0.5) is 11.4 Å². The SMILES string of the molecule is CN1c2cc3sc4ccccc4c3cc2C(C)(C)c2cc3c(cc21)sc1ccccc13. The number of hydrogen-bond acceptors (Lipinski definition) is 3. The maximum absolute atomic E-state index is 2.46. The van der Waals surface area contributed by atoms with Crippen LogP contribution in [0.1, 0.15) is 25.0 Å². The molecule has 150 valence electrons. The van der Waals surface area contributed by atoms with Crippen LogP contribution < -0.4 is 4.90 Å². The highest BCUT2D eigenvalue weighted by molar-refractivity contribution is 7.26. The summed E-state index contributed by atoms with van der Waals surface area (Å²) in [5.41, 5.74) is 5.43. The largest absolute Gasteiger partial charge is 0.344 e. The lowest BCUT2D eigenvalue weighted by molar-refractivity contribution is 0.632. The molecule has 0 amide bonds. The highest BCUT2D eigenvalue weighted by Gasteiger charge is 2.36. The minimum Gasteiger partial charge on any atom is -0.344 e. The van der Waals surface area contributed by atoms with Crippen molar-refractivity contribution in [1.82, 2.24) is 0 Å². The van der Waals surface area contributed by atoms with E-state index in [4.69, 9.17) is 0 Å². The molecule has 1 aliphatic heterocycles. The summed E-state index contributed by atoms with van der Waals surface area (Å²) in [5.74, 6) is 0. The van der Waals surface area contributed by atoms with Crippen LogP contribution in [0.25, 0.3) is 40.3 Å². The summed E-state index contributed by atoms with van der Waals surface area (Å²) in [4.78, 5) is 2.41. The lowest BCUT2D eigenvalue weighted by atomic mass is 9.73. The number of rotatable bonds is 0. The Hall–Kier alpha value is -2.88. The fourth-order valence-electron chi connectivity index (χ4n) is 5.35. The molecule has 0 fully saturated rings. The second-order valence-corrected chi connectivity index (χ2v) is 11.3. The third kappa shape index (κ3) is 2.25. The van der Waals surface area contributed by atoms with Gasteiger partial charge in [0.1, 0.15) is 0 Å². The smallest absolute Gasteiger partial charge is 0.0464 e. The first kappa shape index (κ1) is 17.8. The number of nitrogens with zero attached hydrogens (tertiary/aromatic N) is 1. The Labute approximate surface area is 189 Å². The van der Waals surface area contributed by atoms with Gasteiger partial charge >= 0.3 is 0 Å². The van der Waals surface area contributed by atoms with E-state index < -0.39 is 0 Å². The summed E-state index contributed by atoms with van der Waals surface area (Å²) >= 11 is 3.80. The fraction of sp³-hybridized carbons (Fsp3) is 0.143. The molecule has 0 radical (unpaired) electrons. The Morgan fingerprint density at radius 1 is 0.581 bits per heavy atom. The lowest BCUT2D eigenvalue weighted by Gasteiger charge is -2.40. The molecular formula is C28H21NS2. The third-order valence-electron chi connectivity index (χ3n) is 7.06. The van der Waals surface area contributed by atoms with E-state index in [-0.39, 0.29) is 5.41 Å². The predicted molar refractivity (Wildman–Crippen MR) is 139 cm³/mol. The number of thiophene rings is 2. The van der Waals surface area contributed by atoms with Crippen molar-refractivity contribution in [2.45, 2.75) is 19.3 Å². The van der Waals surface area contributed by atoms with Crippen LogP contribution in [0.3, 0.4) is 0 Å². The van der Waals surface area contributed by atoms with Crippen LogP contribution in [0, 0.1) is 0 Å². The number of fused-ring (bicyclic) bond motifs is 8. The summed E-state index contributed by atoms with van der Waals surface area (Å²) in [6, 6.07) is 27.3. The Morgan fingerprint density at radius 3 is 1.52 bits per heavy atom. The molecule has 0 aliphatic carbocycles. The van der Waals surface area contributed by atoms with E-state index in [9.17, 15) is 0 Å². The van der Waals surface area contributed by atoms with E-state index in [0.717, 1.165) is 0 Å². The normalized spacial score (nSPS) is 15.1. The third-order valence-corrected chi connectivity index (χ3v) is 9.33. The molecule has 3 heterocycles. The molecule has 4 aromatic carbocycles. The van der Waals surface area contributed by atoms with E-state index >= 15 is 0 Å². The Morgan fingerprint density at radius 2 is 1.03 bits per heavy atom. The van der Waals surface area contributed by atoms with Crippen molar-refractivity contribution >= 4 is 74.4 Å². The van der Waals surface area contributed by atoms with Gasteiger partial charge < -0.3 is 4.90 Å². The highest BCUT2D eigenvalue weighted by atomic mass is 32.1. The van der Waals surface area contributed by atoms with E-state index in [1.54, 1.807) is 0 Å². The van der Waals surface area contributed by atoms with Gasteiger partial charge in [0, 0.05) is 64.2 Å². The van der Waals surface area contributed by atoms with Gasteiger partial charge in [0.05, 0.1) is 0 Å². The van der Waals surface area contributed by atoms with Crippen LogP contribution in [-0.2, 0) is 5.41 Å². The summed E-state index contributed by atoms with van der Waals surface area (Å²) in [6.45, 7) is 4.77. The van der Waals surface area contributed by atoms with Gasteiger partial charge in [0.2, 0.25) is 0 Å². The van der Waals surface area contributed by atoms with Gasteiger partial charge in [-0.15, -0.1) is 22.7 Å². The average Bonchev–Trinajstić information content (AvgIpc) is 3.33. The molecular weight excluding hydrogens is 414 g/mol. The zero-order valence-corrected chi connectivity index (χ0v) is 19.3. The summed E-state index contributed by atoms with van der Waals surface area (Å²) < 4.78 is 5.47. The second kappa shape index (κ2) is 5.87. The minimum atomic E-state index is -0.0639. The van der Waals surface area contributed by atoms with Gasteiger partial charge in [-0.05, 0) is 47.5 Å². The van der Waals surface area contributed by atoms with Crippen LogP contribution in [0.5, 0.6) is 0 Å². The Balaban J connectivity index is 1.56. The predicted octanol–water partition coefficient (Wildman–Crippen LogP) is 8.83. The van der Waals surface area contributed by atoms with E-state index in [0.29, 0.717) is 0 Å². The van der Waals surface area contributed by atoms with E-state index in [2.05, 4.69) is 98.6 Å². The van der Waals surface area contributed by atoms with Crippen molar-refractivity contribution in [2.24, 2.45) is 0 Å². The van der Waals surface area contributed by atoms with E-state index in [1.807, 2.05) is 22.7 Å². The minimum absolute atomic E-state index is 0.0639. The first-order valence-corrected chi connectivity index (χ1v) is 12.3. The fourth-order valence-corrected chi connectivity index (χ4v) is 7.59. The maximum atomic E-state index is 2.46. The zero-order chi connectivity index (χ0) is 20.9. The first-order chi connectivity index (χ1) is 15.0. The highest BCUT2D eigenvalue weighted by Crippen LogP contribution is 2.53. The van der Waals surface area contributed by atoms with Crippen LogP contribution in [0.15, 0.2) is 72.8 Å². The molecule has 7 rings (SSSR count). The first-order valence-electron chi connectivity index (χ1n) is 10.7. The number of hydrogen-bond donors (Lipinski definition) is 0. The number of benzene rings is 4.